The molecule has 0 aromatic heterocycles. The van der Waals surface area contributed by atoms with Crippen molar-refractivity contribution in [2.24, 2.45) is 0 Å². The molecular formula is C25H33ClFN3O4S. The normalized spacial score (nSPS) is 12.1. The van der Waals surface area contributed by atoms with Crippen molar-refractivity contribution in [3.8, 4) is 0 Å². The first-order valence-corrected chi connectivity index (χ1v) is 13.8. The molecule has 0 unspecified atom stereocenters. The number of nitrogens with one attached hydrogen (secondary N) is 1. The Kier molecular flexibility index (Phi) is 11.0. The van der Waals surface area contributed by atoms with E-state index in [1.54, 1.807) is 49.4 Å². The molecule has 0 saturated carbocycles. The number of sulfonamides is 1. The third-order valence-corrected chi connectivity index (χ3v) is 7.01. The van der Waals surface area contributed by atoms with Crippen molar-refractivity contribution in [2.75, 3.05) is 23.7 Å². The van der Waals surface area contributed by atoms with Crippen molar-refractivity contribution in [3.05, 3.63) is 64.9 Å². The number of hydrogen-bond donors (Lipinski definition) is 1. The summed E-state index contributed by atoms with van der Waals surface area (Å²) >= 11 is 5.91. The van der Waals surface area contributed by atoms with Gasteiger partial charge in [-0.3, -0.25) is 13.9 Å². The highest BCUT2D eigenvalue weighted by atomic mass is 35.5. The molecule has 0 bridgehead atoms. The molecule has 0 aliphatic heterocycles. The van der Waals surface area contributed by atoms with Crippen molar-refractivity contribution >= 4 is 39.1 Å². The molecule has 2 amide bonds. The Hall–Kier alpha value is -2.65. The Balaban J connectivity index is 2.14. The molecule has 0 radical (unpaired) electrons. The second-order valence-electron chi connectivity index (χ2n) is 8.35. The average molecular weight is 526 g/mol. The predicted octanol–water partition coefficient (Wildman–Crippen LogP) is 4.36. The van der Waals surface area contributed by atoms with Gasteiger partial charge < -0.3 is 10.2 Å². The molecule has 2 aromatic rings. The van der Waals surface area contributed by atoms with Gasteiger partial charge in [-0.15, -0.1) is 0 Å². The maximum absolute atomic E-state index is 14.3. The molecule has 10 heteroatoms. The second kappa shape index (κ2) is 13.4. The van der Waals surface area contributed by atoms with E-state index in [1.807, 2.05) is 6.92 Å². The lowest BCUT2D eigenvalue weighted by Crippen LogP contribution is -2.48. The van der Waals surface area contributed by atoms with Crippen LogP contribution < -0.4 is 9.62 Å². The Morgan fingerprint density at radius 1 is 1.09 bits per heavy atom. The number of unbranched alkanes of at least 4 members (excludes halogenated alkanes) is 1. The van der Waals surface area contributed by atoms with Crippen LogP contribution in [0.3, 0.4) is 0 Å². The molecule has 0 aliphatic carbocycles. The molecule has 0 fully saturated rings. The second-order valence-corrected chi connectivity index (χ2v) is 10.7. The Labute approximate surface area is 212 Å². The zero-order valence-electron chi connectivity index (χ0n) is 20.3. The summed E-state index contributed by atoms with van der Waals surface area (Å²) in [6, 6.07) is 11.7. The molecule has 1 atom stereocenters. The number of anilines is 1. The van der Waals surface area contributed by atoms with Crippen LogP contribution in [0.15, 0.2) is 48.5 Å². The summed E-state index contributed by atoms with van der Waals surface area (Å²) in [4.78, 5) is 27.2. The van der Waals surface area contributed by atoms with E-state index in [1.165, 1.54) is 15.3 Å². The molecule has 192 valence electrons. The summed E-state index contributed by atoms with van der Waals surface area (Å²) in [6.07, 6.45) is 3.02. The number of hydrogen-bond acceptors (Lipinski definition) is 4. The maximum Gasteiger partial charge on any atom is 0.242 e. The van der Waals surface area contributed by atoms with Gasteiger partial charge in [0.05, 0.1) is 11.9 Å². The van der Waals surface area contributed by atoms with E-state index >= 15 is 0 Å². The van der Waals surface area contributed by atoms with Crippen molar-refractivity contribution in [3.63, 3.8) is 0 Å². The van der Waals surface area contributed by atoms with E-state index in [9.17, 15) is 22.4 Å². The predicted molar refractivity (Wildman–Crippen MR) is 137 cm³/mol. The maximum atomic E-state index is 14.3. The third kappa shape index (κ3) is 8.81. The number of nitrogens with zero attached hydrogens (tertiary/aromatic N) is 2. The minimum atomic E-state index is -3.59. The first-order chi connectivity index (χ1) is 16.5. The summed E-state index contributed by atoms with van der Waals surface area (Å²) in [6.45, 7) is 4.10. The van der Waals surface area contributed by atoms with Crippen LogP contribution in [0.25, 0.3) is 0 Å². The van der Waals surface area contributed by atoms with Gasteiger partial charge in [-0.05, 0) is 50.1 Å². The van der Waals surface area contributed by atoms with Crippen LogP contribution in [0, 0.1) is 5.82 Å². The summed E-state index contributed by atoms with van der Waals surface area (Å²) in [5, 5.41) is 3.29. The van der Waals surface area contributed by atoms with Crippen molar-refractivity contribution in [1.82, 2.24) is 10.2 Å². The van der Waals surface area contributed by atoms with Crippen LogP contribution in [-0.2, 0) is 26.2 Å². The summed E-state index contributed by atoms with van der Waals surface area (Å²) < 4.78 is 40.2. The number of carbonyl (C=O) groups excluding carboxylic acids is 2. The molecule has 0 aliphatic rings. The number of amides is 2. The highest BCUT2D eigenvalue weighted by molar-refractivity contribution is 7.92. The fourth-order valence-corrected chi connectivity index (χ4v) is 4.63. The molecule has 7 nitrogen and oxygen atoms in total. The van der Waals surface area contributed by atoms with Crippen LogP contribution in [0.2, 0.25) is 5.02 Å². The van der Waals surface area contributed by atoms with Gasteiger partial charge in [-0.2, -0.15) is 0 Å². The fraction of sp³-hybridized carbons (Fsp3) is 0.440. The molecular weight excluding hydrogens is 493 g/mol. The standard InChI is InChI=1S/C25H33ClFN3O4S/c1-4-5-16-28-25(32)19(2)29(18-20-9-6-7-10-23(20)27)24(31)11-8-17-30(35(3,33)34)22-14-12-21(26)13-15-22/h6-7,9-10,12-15,19H,4-5,8,11,16-18H2,1-3H3,(H,28,32)/t19-/m1/s1. The first-order valence-electron chi connectivity index (χ1n) is 11.6. The Bertz CT molecular complexity index is 1100. The SMILES string of the molecule is CCCCNC(=O)[C@@H](C)N(Cc1ccccc1F)C(=O)CCCN(c1ccc(Cl)cc1)S(C)(=O)=O. The minimum Gasteiger partial charge on any atom is -0.354 e. The van der Waals surface area contributed by atoms with Crippen LogP contribution in [0.5, 0.6) is 0 Å². The van der Waals surface area contributed by atoms with Gasteiger partial charge in [0.1, 0.15) is 11.9 Å². The minimum absolute atomic E-state index is 0.0133. The van der Waals surface area contributed by atoms with Gasteiger partial charge in [-0.25, -0.2) is 12.8 Å². The van der Waals surface area contributed by atoms with Gasteiger partial charge in [0.15, 0.2) is 0 Å². The lowest BCUT2D eigenvalue weighted by atomic mass is 10.1. The van der Waals surface area contributed by atoms with Crippen molar-refractivity contribution in [1.29, 1.82) is 0 Å². The van der Waals surface area contributed by atoms with Crippen LogP contribution >= 0.6 is 11.6 Å². The zero-order valence-corrected chi connectivity index (χ0v) is 21.9. The largest absolute Gasteiger partial charge is 0.354 e. The van der Waals surface area contributed by atoms with E-state index in [0.717, 1.165) is 19.1 Å². The highest BCUT2D eigenvalue weighted by Crippen LogP contribution is 2.21. The van der Waals surface area contributed by atoms with E-state index in [0.29, 0.717) is 22.8 Å². The number of halogens is 2. The Morgan fingerprint density at radius 2 is 1.74 bits per heavy atom. The van der Waals surface area contributed by atoms with E-state index in [4.69, 9.17) is 11.6 Å². The summed E-state index contributed by atoms with van der Waals surface area (Å²) in [7, 11) is -3.59. The molecule has 2 rings (SSSR count). The first kappa shape index (κ1) is 28.6. The number of rotatable bonds is 13. The van der Waals surface area contributed by atoms with Crippen LogP contribution in [0.1, 0.15) is 45.1 Å². The lowest BCUT2D eigenvalue weighted by molar-refractivity contribution is -0.140. The number of carbonyl (C=O) groups is 2. The topological polar surface area (TPSA) is 86.8 Å². The number of benzene rings is 2. The Morgan fingerprint density at radius 3 is 2.34 bits per heavy atom. The fourth-order valence-electron chi connectivity index (χ4n) is 3.54. The lowest BCUT2D eigenvalue weighted by Gasteiger charge is -2.29. The zero-order chi connectivity index (χ0) is 26.0. The quantitative estimate of drug-likeness (QED) is 0.394. The van der Waals surface area contributed by atoms with Gasteiger partial charge in [0, 0.05) is 36.6 Å². The van der Waals surface area contributed by atoms with E-state index in [-0.39, 0.29) is 37.7 Å². The summed E-state index contributed by atoms with van der Waals surface area (Å²) in [5.74, 6) is -1.15. The molecule has 2 aromatic carbocycles. The van der Waals surface area contributed by atoms with Crippen molar-refractivity contribution in [2.45, 2.75) is 52.1 Å². The van der Waals surface area contributed by atoms with Crippen LogP contribution in [0.4, 0.5) is 10.1 Å². The average Bonchev–Trinajstić information content (AvgIpc) is 2.81. The smallest absolute Gasteiger partial charge is 0.242 e. The van der Waals surface area contributed by atoms with E-state index in [2.05, 4.69) is 5.32 Å². The molecule has 0 saturated heterocycles. The van der Waals surface area contributed by atoms with E-state index < -0.39 is 21.9 Å². The van der Waals surface area contributed by atoms with Gasteiger partial charge in [0.2, 0.25) is 21.8 Å². The third-order valence-electron chi connectivity index (χ3n) is 5.56. The highest BCUT2D eigenvalue weighted by Gasteiger charge is 2.27. The van der Waals surface area contributed by atoms with Gasteiger partial charge in [0.25, 0.3) is 0 Å². The van der Waals surface area contributed by atoms with Gasteiger partial charge >= 0.3 is 0 Å². The van der Waals surface area contributed by atoms with Crippen molar-refractivity contribution < 1.29 is 22.4 Å². The summed E-state index contributed by atoms with van der Waals surface area (Å²) in [5.41, 5.74) is 0.740. The molecule has 0 spiro atoms. The van der Waals surface area contributed by atoms with Gasteiger partial charge in [-0.1, -0.05) is 43.1 Å². The molecule has 0 heterocycles. The molecule has 1 N–H and O–H groups in total. The van der Waals surface area contributed by atoms with Crippen LogP contribution in [-0.4, -0.2) is 50.5 Å². The monoisotopic (exact) mass is 525 g/mol. The molecule has 35 heavy (non-hydrogen) atoms.